The van der Waals surface area contributed by atoms with E-state index in [4.69, 9.17) is 20.4 Å². The third kappa shape index (κ3) is 5.23. The molecule has 3 N–H and O–H groups in total. The standard InChI is InChI=1S/C24H23N3O2.C2HF3O2/c1-27-22(28)24(26-23(27)25,19-11-4-3-5-12-19)20-13-8-10-17(15-20)21-14-7-6-9-18(21)16-29-2;3-2(4,5)1(6)7/h3-15H,16H2,1-2H3,(H2,25,26);(H,6,7). The molecule has 0 fully saturated rings. The molecule has 0 radical (unpaired) electrons. The second-order valence-corrected chi connectivity index (χ2v) is 7.88. The summed E-state index contributed by atoms with van der Waals surface area (Å²) in [6.07, 6.45) is -5.08. The van der Waals surface area contributed by atoms with E-state index < -0.39 is 17.7 Å². The monoisotopic (exact) mass is 499 g/mol. The predicted octanol–water partition coefficient (Wildman–Crippen LogP) is 4.16. The summed E-state index contributed by atoms with van der Waals surface area (Å²) in [6, 6.07) is 25.6. The Kier molecular flexibility index (Phi) is 7.79. The average molecular weight is 499 g/mol. The van der Waals surface area contributed by atoms with E-state index in [1.807, 2.05) is 72.8 Å². The van der Waals surface area contributed by atoms with Crippen LogP contribution in [0.25, 0.3) is 11.1 Å². The van der Waals surface area contributed by atoms with Gasteiger partial charge >= 0.3 is 12.1 Å². The molecule has 1 atom stereocenters. The normalized spacial score (nSPS) is 17.3. The number of benzene rings is 3. The van der Waals surface area contributed by atoms with Crippen LogP contribution in [0.15, 0.2) is 83.9 Å². The first-order valence-corrected chi connectivity index (χ1v) is 10.7. The number of carbonyl (C=O) groups excluding carboxylic acids is 1. The zero-order chi connectivity index (χ0) is 26.5. The zero-order valence-electron chi connectivity index (χ0n) is 19.5. The number of nitrogens with two attached hydrogens (primary N) is 1. The molecule has 0 bridgehead atoms. The molecule has 0 saturated heterocycles. The van der Waals surface area contributed by atoms with Crippen molar-refractivity contribution < 1.29 is 32.6 Å². The number of amides is 1. The molecule has 1 unspecified atom stereocenters. The van der Waals surface area contributed by atoms with E-state index in [9.17, 15) is 18.0 Å². The Labute approximate surface area is 205 Å². The van der Waals surface area contributed by atoms with E-state index in [2.05, 4.69) is 11.1 Å². The largest absolute Gasteiger partial charge is 0.490 e. The van der Waals surface area contributed by atoms with Gasteiger partial charge in [-0.05, 0) is 33.9 Å². The third-order valence-corrected chi connectivity index (χ3v) is 5.58. The highest BCUT2D eigenvalue weighted by Gasteiger charge is 2.49. The average Bonchev–Trinajstić information content (AvgIpc) is 3.10. The number of aliphatic carboxylic acids is 1. The molecule has 4 rings (SSSR count). The number of aliphatic imine (C=N–C) groups is 1. The van der Waals surface area contributed by atoms with Crippen molar-refractivity contribution in [1.29, 1.82) is 0 Å². The molecule has 0 saturated carbocycles. The molecule has 0 aromatic heterocycles. The number of hydrogen-bond donors (Lipinski definition) is 2. The van der Waals surface area contributed by atoms with E-state index in [1.54, 1.807) is 14.2 Å². The van der Waals surface area contributed by atoms with Gasteiger partial charge in [-0.3, -0.25) is 9.69 Å². The van der Waals surface area contributed by atoms with Crippen LogP contribution in [0.2, 0.25) is 0 Å². The molecule has 0 aliphatic carbocycles. The minimum absolute atomic E-state index is 0.163. The van der Waals surface area contributed by atoms with Crippen LogP contribution in [0.1, 0.15) is 16.7 Å². The summed E-state index contributed by atoms with van der Waals surface area (Å²) in [5, 5.41) is 7.12. The SMILES string of the molecule is COCc1ccccc1-c1cccc(C2(c3ccccc3)N=C(N)N(C)C2=O)c1.O=C(O)C(F)(F)F. The van der Waals surface area contributed by atoms with Crippen molar-refractivity contribution in [3.05, 3.63) is 95.6 Å². The first kappa shape index (κ1) is 26.4. The minimum Gasteiger partial charge on any atom is -0.475 e. The van der Waals surface area contributed by atoms with Gasteiger partial charge in [0.25, 0.3) is 5.91 Å². The molecule has 1 amide bonds. The topological polar surface area (TPSA) is 105 Å². The van der Waals surface area contributed by atoms with Crippen molar-refractivity contribution in [2.75, 3.05) is 14.2 Å². The molecular weight excluding hydrogens is 475 g/mol. The molecule has 36 heavy (non-hydrogen) atoms. The fourth-order valence-electron chi connectivity index (χ4n) is 3.86. The highest BCUT2D eigenvalue weighted by molar-refractivity contribution is 6.09. The molecule has 1 aliphatic rings. The van der Waals surface area contributed by atoms with Crippen LogP contribution < -0.4 is 5.73 Å². The van der Waals surface area contributed by atoms with Gasteiger partial charge in [-0.25, -0.2) is 9.79 Å². The quantitative estimate of drug-likeness (QED) is 0.549. The van der Waals surface area contributed by atoms with Gasteiger partial charge in [0.1, 0.15) is 0 Å². The molecule has 1 heterocycles. The number of hydrogen-bond acceptors (Lipinski definition) is 5. The Bertz CT molecular complexity index is 1280. The number of carbonyl (C=O) groups is 2. The maximum atomic E-state index is 13.4. The number of carboxylic acids is 1. The van der Waals surface area contributed by atoms with Crippen LogP contribution in [0, 0.1) is 0 Å². The number of likely N-dealkylation sites (N-methyl/N-ethyl adjacent to an activating group) is 1. The highest BCUT2D eigenvalue weighted by Crippen LogP contribution is 2.40. The molecule has 188 valence electrons. The third-order valence-electron chi connectivity index (χ3n) is 5.58. The summed E-state index contributed by atoms with van der Waals surface area (Å²) < 4.78 is 37.1. The Morgan fingerprint density at radius 3 is 2.17 bits per heavy atom. The fraction of sp³-hybridized carbons (Fsp3) is 0.192. The molecule has 10 heteroatoms. The number of methoxy groups -OCH3 is 1. The van der Waals surface area contributed by atoms with Gasteiger partial charge in [-0.2, -0.15) is 13.2 Å². The fourth-order valence-corrected chi connectivity index (χ4v) is 3.86. The number of rotatable bonds is 5. The number of halogens is 3. The number of carboxylic acid groups (broad SMARTS) is 1. The van der Waals surface area contributed by atoms with E-state index in [1.165, 1.54) is 4.90 Å². The van der Waals surface area contributed by atoms with Gasteiger partial charge in [-0.1, -0.05) is 72.8 Å². The first-order valence-electron chi connectivity index (χ1n) is 10.7. The molecule has 3 aromatic rings. The number of nitrogens with zero attached hydrogens (tertiary/aromatic N) is 2. The highest BCUT2D eigenvalue weighted by atomic mass is 19.4. The van der Waals surface area contributed by atoms with Crippen LogP contribution in [-0.4, -0.2) is 48.2 Å². The van der Waals surface area contributed by atoms with Crippen molar-refractivity contribution in [3.63, 3.8) is 0 Å². The Morgan fingerprint density at radius 1 is 1.03 bits per heavy atom. The maximum Gasteiger partial charge on any atom is 0.490 e. The van der Waals surface area contributed by atoms with E-state index in [0.29, 0.717) is 6.61 Å². The number of ether oxygens (including phenoxy) is 1. The molecule has 3 aromatic carbocycles. The van der Waals surface area contributed by atoms with Gasteiger partial charge in [-0.15, -0.1) is 0 Å². The van der Waals surface area contributed by atoms with Crippen molar-refractivity contribution in [1.82, 2.24) is 4.90 Å². The van der Waals surface area contributed by atoms with Crippen LogP contribution in [-0.2, 0) is 26.5 Å². The summed E-state index contributed by atoms with van der Waals surface area (Å²) in [6.45, 7) is 0.511. The van der Waals surface area contributed by atoms with Gasteiger partial charge in [0.15, 0.2) is 11.5 Å². The maximum absolute atomic E-state index is 13.4. The van der Waals surface area contributed by atoms with Crippen molar-refractivity contribution in [2.24, 2.45) is 10.7 Å². The smallest absolute Gasteiger partial charge is 0.475 e. The van der Waals surface area contributed by atoms with E-state index >= 15 is 0 Å². The Balaban J connectivity index is 0.000000454. The Morgan fingerprint density at radius 2 is 1.61 bits per heavy atom. The lowest BCUT2D eigenvalue weighted by molar-refractivity contribution is -0.192. The lowest BCUT2D eigenvalue weighted by atomic mass is 9.81. The Hall–Kier alpha value is -4.18. The first-order chi connectivity index (χ1) is 17.0. The minimum atomic E-state index is -5.08. The zero-order valence-corrected chi connectivity index (χ0v) is 19.5. The van der Waals surface area contributed by atoms with Crippen LogP contribution >= 0.6 is 0 Å². The van der Waals surface area contributed by atoms with Crippen LogP contribution in [0.5, 0.6) is 0 Å². The number of guanidine groups is 1. The van der Waals surface area contributed by atoms with Gasteiger partial charge in [0.2, 0.25) is 0 Å². The van der Waals surface area contributed by atoms with Crippen molar-refractivity contribution >= 4 is 17.8 Å². The lowest BCUT2D eigenvalue weighted by Gasteiger charge is -2.26. The summed E-state index contributed by atoms with van der Waals surface area (Å²) in [5.41, 5.74) is 9.61. The summed E-state index contributed by atoms with van der Waals surface area (Å²) in [7, 11) is 3.34. The van der Waals surface area contributed by atoms with Crippen molar-refractivity contribution in [3.8, 4) is 11.1 Å². The summed E-state index contributed by atoms with van der Waals surface area (Å²) >= 11 is 0. The van der Waals surface area contributed by atoms with Gasteiger partial charge in [0, 0.05) is 14.2 Å². The van der Waals surface area contributed by atoms with Gasteiger partial charge in [0.05, 0.1) is 6.61 Å². The van der Waals surface area contributed by atoms with E-state index in [-0.39, 0.29) is 11.9 Å². The predicted molar refractivity (Wildman–Crippen MR) is 128 cm³/mol. The summed E-state index contributed by atoms with van der Waals surface area (Å²) in [4.78, 5) is 28.3. The second kappa shape index (κ2) is 10.6. The number of alkyl halides is 3. The van der Waals surface area contributed by atoms with Crippen LogP contribution in [0.4, 0.5) is 13.2 Å². The van der Waals surface area contributed by atoms with E-state index in [0.717, 1.165) is 27.8 Å². The lowest BCUT2D eigenvalue weighted by Crippen LogP contribution is -2.41. The van der Waals surface area contributed by atoms with Gasteiger partial charge < -0.3 is 15.6 Å². The molecule has 0 spiro atoms. The second-order valence-electron chi connectivity index (χ2n) is 7.88. The van der Waals surface area contributed by atoms with Crippen molar-refractivity contribution in [2.45, 2.75) is 18.3 Å². The molecule has 1 aliphatic heterocycles. The van der Waals surface area contributed by atoms with Crippen LogP contribution in [0.3, 0.4) is 0 Å². The molecular formula is C26H24F3N3O4. The molecule has 7 nitrogen and oxygen atoms in total. The summed E-state index contributed by atoms with van der Waals surface area (Å²) in [5.74, 6) is -2.71.